The molecule has 12 N–H and O–H groups in total. The Morgan fingerprint density at radius 3 is 0.816 bits per heavy atom. The van der Waals surface area contributed by atoms with Crippen LogP contribution in [0.3, 0.4) is 0 Å². The number of nitrogens with zero attached hydrogens (tertiary/aromatic N) is 4. The molecule has 0 spiro atoms. The van der Waals surface area contributed by atoms with Gasteiger partial charge in [0.15, 0.2) is 24.9 Å². The Morgan fingerprint density at radius 1 is 0.367 bits per heavy atom. The fourth-order valence-corrected chi connectivity index (χ4v) is 11.4. The maximum atomic E-state index is 12.2. The Morgan fingerprint density at radius 2 is 0.592 bits per heavy atom. The summed E-state index contributed by atoms with van der Waals surface area (Å²) in [5.41, 5.74) is 1.85. The van der Waals surface area contributed by atoms with Crippen LogP contribution in [-0.2, 0) is 57.1 Å². The molecule has 0 aromatic heterocycles. The van der Waals surface area contributed by atoms with Crippen LogP contribution in [0.5, 0.6) is 0 Å². The zero-order valence-corrected chi connectivity index (χ0v) is 57.6. The van der Waals surface area contributed by atoms with Crippen molar-refractivity contribution in [2.75, 3.05) is 52.9 Å². The van der Waals surface area contributed by atoms with E-state index in [9.17, 15) is 65.1 Å². The topological polar surface area (TPSA) is 398 Å². The van der Waals surface area contributed by atoms with Gasteiger partial charge in [0.1, 0.15) is 73.2 Å². The van der Waals surface area contributed by atoms with Gasteiger partial charge in [-0.15, -0.1) is 0 Å². The van der Waals surface area contributed by atoms with Crippen molar-refractivity contribution in [2.45, 2.75) is 261 Å². The third-order valence-electron chi connectivity index (χ3n) is 17.3. The highest BCUT2D eigenvalue weighted by atomic mass is 16.6. The summed E-state index contributed by atoms with van der Waals surface area (Å²) in [4.78, 5) is 54.7. The first kappa shape index (κ1) is 83.0. The van der Waals surface area contributed by atoms with E-state index in [1.54, 1.807) is 73.9 Å². The summed E-state index contributed by atoms with van der Waals surface area (Å²) in [6.07, 6.45) is 22.8. The number of aliphatic hydroxyl groups is 12. The molecule has 98 heavy (non-hydrogen) atoms. The molecule has 8 aliphatic heterocycles. The fourth-order valence-electron chi connectivity index (χ4n) is 11.4. The summed E-state index contributed by atoms with van der Waals surface area (Å²) >= 11 is 0. The second kappa shape index (κ2) is 44.6. The van der Waals surface area contributed by atoms with Crippen LogP contribution in [-0.4, -0.2) is 256 Å². The summed E-state index contributed by atoms with van der Waals surface area (Å²) < 4.78 is 43.0. The molecular weight excluding hydrogens is 1280 g/mol. The molecule has 0 aliphatic carbocycles. The summed E-state index contributed by atoms with van der Waals surface area (Å²) in [7, 11) is 0. The first-order chi connectivity index (χ1) is 47.2. The molecule has 28 heteroatoms. The Kier molecular flexibility index (Phi) is 37.8. The van der Waals surface area contributed by atoms with E-state index in [0.29, 0.717) is 80.3 Å². The third kappa shape index (κ3) is 25.5. The van der Waals surface area contributed by atoms with Gasteiger partial charge < -0.3 is 119 Å². The van der Waals surface area contributed by atoms with Crippen molar-refractivity contribution >= 4 is 23.9 Å². The van der Waals surface area contributed by atoms with Gasteiger partial charge in [-0.05, 0) is 31.6 Å². The highest BCUT2D eigenvalue weighted by Gasteiger charge is 2.48. The van der Waals surface area contributed by atoms with Crippen LogP contribution in [0, 0.1) is 5.92 Å². The Balaban J connectivity index is 0.000000236. The van der Waals surface area contributed by atoms with Gasteiger partial charge in [0.25, 0.3) is 0 Å². The molecule has 0 bridgehead atoms. The van der Waals surface area contributed by atoms with E-state index in [0.717, 1.165) is 70.6 Å². The van der Waals surface area contributed by atoms with E-state index >= 15 is 0 Å². The van der Waals surface area contributed by atoms with Crippen molar-refractivity contribution in [2.24, 2.45) is 5.92 Å². The quantitative estimate of drug-likeness (QED) is 0.0255. The molecule has 0 saturated carbocycles. The standard InChI is InChI=1S/C19H31NO6.C18H29NO6.C17H27NO6.C16H25NO6/c1-2-3-4-5-6-7-11-25-19(24)14-9-8-10-20(12-14)18-17(23)16(22)15(13-21)26-18;1-2-3-4-5-6-10-24-18(23)13-8-7-9-19(11-13)17-16(22)15(21)14(12-20)25-17;1-2-3-4-5-9-23-17(22)12-7-6-8-18(10-12)16-15(21)14(20)13(11-19)24-16;1-10(2)5-7-22-16(21)11-4-3-6-17(8-11)15-14(20)13(19)12(9-18)23-15/h8,10,12,15-18,21-23H,2-7,9,11,13H2,1H3;7,9,11,14-17,20-22H,2-6,8,10,12H2,1H3;6,8,10,13-16,19-21H,2-5,7,9,11H2,1H3;3,6,8,10,12-15,18-20H,4-5,7,9H2,1-2H3/t15?,16-,17?,18-;14?,15-,16?,17-;13?,14-,15?,16-;12?,13-,14?,15-/m1111/s1. The SMILES string of the molecule is CC(C)CCOC(=O)C1=CN([C@@H]2OC(CO)[C@@H](O)C2O)C=CC1.CCCCCCCCOC(=O)C1=CN([C@@H]2OC(CO)[C@@H](O)C2O)C=CC1.CCCCCCCOC(=O)C1=CN([C@@H]2OC(CO)[C@@H](O)C2O)C=CC1.CCCCCCOC(=O)C1=CN([C@@H]2OC(CO)[C@@H](O)C2O)C=CC1. The predicted molar refractivity (Wildman–Crippen MR) is 355 cm³/mol. The molecule has 4 fully saturated rings. The van der Waals surface area contributed by atoms with Crippen LogP contribution in [0.1, 0.15) is 163 Å². The van der Waals surface area contributed by atoms with Crippen molar-refractivity contribution in [1.82, 2.24) is 19.6 Å². The smallest absolute Gasteiger partial charge is 0.335 e. The molecule has 0 radical (unpaired) electrons. The molecule has 8 heterocycles. The lowest BCUT2D eigenvalue weighted by Crippen LogP contribution is -2.40. The lowest BCUT2D eigenvalue weighted by molar-refractivity contribution is -0.140. The first-order valence-electron chi connectivity index (χ1n) is 35.0. The van der Waals surface area contributed by atoms with Crippen LogP contribution in [0.15, 0.2) is 96.2 Å². The van der Waals surface area contributed by atoms with E-state index in [2.05, 4.69) is 34.6 Å². The molecule has 8 unspecified atom stereocenters. The van der Waals surface area contributed by atoms with Crippen LogP contribution < -0.4 is 0 Å². The Hall–Kier alpha value is -5.64. The summed E-state index contributed by atoms with van der Waals surface area (Å²) in [5.74, 6) is -1.07. The zero-order valence-electron chi connectivity index (χ0n) is 57.6. The van der Waals surface area contributed by atoms with Gasteiger partial charge >= 0.3 is 23.9 Å². The molecule has 8 rings (SSSR count). The van der Waals surface area contributed by atoms with Crippen LogP contribution in [0.2, 0.25) is 0 Å². The minimum absolute atomic E-state index is 0.366. The van der Waals surface area contributed by atoms with Crippen molar-refractivity contribution in [3.05, 3.63) is 96.2 Å². The number of rotatable bonds is 33. The average Bonchev–Trinajstić information content (AvgIpc) is 1.68. The minimum atomic E-state index is -1.18. The largest absolute Gasteiger partial charge is 0.462 e. The average molecular weight is 1390 g/mol. The predicted octanol–water partition coefficient (Wildman–Crippen LogP) is 3.24. The summed E-state index contributed by atoms with van der Waals surface area (Å²) in [5, 5.41) is 116. The van der Waals surface area contributed by atoms with E-state index < -0.39 is 104 Å². The third-order valence-corrected chi connectivity index (χ3v) is 17.3. The second-order valence-corrected chi connectivity index (χ2v) is 25.6. The van der Waals surface area contributed by atoms with Gasteiger partial charge in [-0.3, -0.25) is 0 Å². The van der Waals surface area contributed by atoms with Crippen molar-refractivity contribution < 1.29 is 118 Å². The van der Waals surface area contributed by atoms with Crippen molar-refractivity contribution in [3.63, 3.8) is 0 Å². The molecule has 556 valence electrons. The Labute approximate surface area is 575 Å². The molecule has 4 saturated heterocycles. The van der Waals surface area contributed by atoms with E-state index in [1.807, 2.05) is 0 Å². The van der Waals surface area contributed by atoms with Crippen LogP contribution in [0.4, 0.5) is 0 Å². The number of hydrogen-bond donors (Lipinski definition) is 12. The maximum absolute atomic E-state index is 12.2. The molecular formula is C70H112N4O24. The monoisotopic (exact) mass is 1390 g/mol. The lowest BCUT2D eigenvalue weighted by Gasteiger charge is -2.28. The van der Waals surface area contributed by atoms with Gasteiger partial charge in [0, 0.05) is 75.3 Å². The first-order valence-corrected chi connectivity index (χ1v) is 35.0. The summed E-state index contributed by atoms with van der Waals surface area (Å²) in [6, 6.07) is 0. The van der Waals surface area contributed by atoms with Gasteiger partial charge in [0.2, 0.25) is 0 Å². The van der Waals surface area contributed by atoms with Crippen LogP contribution in [0.25, 0.3) is 0 Å². The second-order valence-electron chi connectivity index (χ2n) is 25.6. The Bertz CT molecular complexity index is 2650. The van der Waals surface area contributed by atoms with Crippen molar-refractivity contribution in [3.8, 4) is 0 Å². The number of carbonyl (C=O) groups is 4. The number of hydrogen-bond acceptors (Lipinski definition) is 28. The van der Waals surface area contributed by atoms with Gasteiger partial charge in [0.05, 0.1) is 75.1 Å². The normalized spacial score (nSPS) is 29.4. The molecule has 0 aromatic rings. The summed E-state index contributed by atoms with van der Waals surface area (Å²) in [6.45, 7) is 10.6. The number of ether oxygens (including phenoxy) is 8. The van der Waals surface area contributed by atoms with Crippen LogP contribution >= 0.6 is 0 Å². The molecule has 0 amide bonds. The molecule has 0 aromatic carbocycles. The molecule has 28 nitrogen and oxygen atoms in total. The number of aliphatic hydroxyl groups excluding tert-OH is 12. The van der Waals surface area contributed by atoms with Crippen molar-refractivity contribution in [1.29, 1.82) is 0 Å². The zero-order chi connectivity index (χ0) is 71.7. The van der Waals surface area contributed by atoms with Gasteiger partial charge in [-0.1, -0.05) is 136 Å². The number of allylic oxidation sites excluding steroid dienone is 4. The van der Waals surface area contributed by atoms with E-state index in [-0.39, 0.29) is 44.3 Å². The molecule has 8 aliphatic rings. The van der Waals surface area contributed by atoms with E-state index in [1.165, 1.54) is 51.7 Å². The van der Waals surface area contributed by atoms with Gasteiger partial charge in [-0.25, -0.2) is 19.2 Å². The fraction of sp³-hybridized carbons (Fsp3) is 0.714. The number of unbranched alkanes of at least 4 members (excludes halogenated alkanes) is 12. The lowest BCUT2D eigenvalue weighted by atomic mass is 10.1. The molecule has 16 atom stereocenters. The van der Waals surface area contributed by atoms with Gasteiger partial charge in [-0.2, -0.15) is 0 Å². The minimum Gasteiger partial charge on any atom is -0.462 e. The number of esters is 4. The maximum Gasteiger partial charge on any atom is 0.335 e. The highest BCUT2D eigenvalue weighted by Crippen LogP contribution is 2.32. The van der Waals surface area contributed by atoms with E-state index in [4.69, 9.17) is 53.2 Å². The number of carbonyl (C=O) groups excluding carboxylic acids is 4. The highest BCUT2D eigenvalue weighted by molar-refractivity contribution is 5.90.